The van der Waals surface area contributed by atoms with E-state index in [1.807, 2.05) is 0 Å². The van der Waals surface area contributed by atoms with E-state index >= 15 is 0 Å². The third-order valence-electron chi connectivity index (χ3n) is 3.05. The standard InChI is InChI=1S/C17H16ClNO4/c1-11(16(20)19-14-5-3-4-13(18)10-14)23-15-8-6-12(7-9-15)17(21)22-2/h3-11H,1-2H3,(H,19,20). The second kappa shape index (κ2) is 7.65. The van der Waals surface area contributed by atoms with Crippen molar-refractivity contribution in [2.24, 2.45) is 0 Å². The molecule has 0 aromatic heterocycles. The van der Waals surface area contributed by atoms with Crippen molar-refractivity contribution in [2.75, 3.05) is 12.4 Å². The molecule has 0 saturated heterocycles. The smallest absolute Gasteiger partial charge is 0.337 e. The van der Waals surface area contributed by atoms with Crippen molar-refractivity contribution in [3.8, 4) is 5.75 Å². The molecule has 0 aliphatic rings. The van der Waals surface area contributed by atoms with Crippen LogP contribution < -0.4 is 10.1 Å². The quantitative estimate of drug-likeness (QED) is 0.850. The van der Waals surface area contributed by atoms with Gasteiger partial charge in [-0.3, -0.25) is 4.79 Å². The van der Waals surface area contributed by atoms with Gasteiger partial charge in [0.25, 0.3) is 5.91 Å². The van der Waals surface area contributed by atoms with Crippen molar-refractivity contribution < 1.29 is 19.1 Å². The molecule has 1 amide bonds. The van der Waals surface area contributed by atoms with Crippen LogP contribution in [0.1, 0.15) is 17.3 Å². The highest BCUT2D eigenvalue weighted by atomic mass is 35.5. The Morgan fingerprint density at radius 1 is 1.13 bits per heavy atom. The van der Waals surface area contributed by atoms with Crippen LogP contribution in [0.4, 0.5) is 5.69 Å². The number of halogens is 1. The zero-order valence-corrected chi connectivity index (χ0v) is 13.5. The molecule has 0 radical (unpaired) electrons. The number of benzene rings is 2. The summed E-state index contributed by atoms with van der Waals surface area (Å²) in [6, 6.07) is 13.2. The highest BCUT2D eigenvalue weighted by Gasteiger charge is 2.15. The number of anilines is 1. The van der Waals surface area contributed by atoms with Gasteiger partial charge in [0.2, 0.25) is 0 Å². The van der Waals surface area contributed by atoms with E-state index in [0.29, 0.717) is 22.0 Å². The lowest BCUT2D eigenvalue weighted by atomic mass is 10.2. The third kappa shape index (κ3) is 4.72. The van der Waals surface area contributed by atoms with Crippen molar-refractivity contribution in [1.29, 1.82) is 0 Å². The summed E-state index contributed by atoms with van der Waals surface area (Å²) in [4.78, 5) is 23.4. The zero-order valence-electron chi connectivity index (χ0n) is 12.7. The van der Waals surface area contributed by atoms with E-state index in [4.69, 9.17) is 16.3 Å². The number of ether oxygens (including phenoxy) is 2. The first-order chi connectivity index (χ1) is 11.0. The molecule has 2 aromatic rings. The first kappa shape index (κ1) is 16.8. The van der Waals surface area contributed by atoms with E-state index in [1.165, 1.54) is 7.11 Å². The summed E-state index contributed by atoms with van der Waals surface area (Å²) in [7, 11) is 1.31. The van der Waals surface area contributed by atoms with Gasteiger partial charge in [-0.25, -0.2) is 4.79 Å². The molecule has 0 heterocycles. The predicted octanol–water partition coefficient (Wildman–Crippen LogP) is 3.53. The Hall–Kier alpha value is -2.53. The van der Waals surface area contributed by atoms with Crippen LogP contribution in [0, 0.1) is 0 Å². The summed E-state index contributed by atoms with van der Waals surface area (Å²) < 4.78 is 10.2. The number of rotatable bonds is 5. The van der Waals surface area contributed by atoms with Crippen molar-refractivity contribution in [2.45, 2.75) is 13.0 Å². The Balaban J connectivity index is 1.96. The van der Waals surface area contributed by atoms with Gasteiger partial charge in [0.05, 0.1) is 12.7 Å². The summed E-state index contributed by atoms with van der Waals surface area (Å²) in [5.74, 6) is -0.251. The fraction of sp³-hybridized carbons (Fsp3) is 0.176. The van der Waals surface area contributed by atoms with Gasteiger partial charge >= 0.3 is 5.97 Å². The Bertz CT molecular complexity index is 700. The second-order valence-electron chi connectivity index (χ2n) is 4.78. The summed E-state index contributed by atoms with van der Waals surface area (Å²) in [6.45, 7) is 1.63. The molecule has 5 nitrogen and oxygen atoms in total. The van der Waals surface area contributed by atoms with Crippen LogP contribution in [0.3, 0.4) is 0 Å². The molecule has 0 fully saturated rings. The molecular formula is C17H16ClNO4. The number of hydrogen-bond donors (Lipinski definition) is 1. The number of nitrogens with one attached hydrogen (secondary N) is 1. The number of hydrogen-bond acceptors (Lipinski definition) is 4. The number of esters is 1. The highest BCUT2D eigenvalue weighted by molar-refractivity contribution is 6.30. The van der Waals surface area contributed by atoms with Crippen LogP contribution >= 0.6 is 11.6 Å². The summed E-state index contributed by atoms with van der Waals surface area (Å²) in [5.41, 5.74) is 1.01. The number of carbonyl (C=O) groups is 2. The van der Waals surface area contributed by atoms with Gasteiger partial charge in [0.1, 0.15) is 5.75 Å². The fourth-order valence-electron chi connectivity index (χ4n) is 1.86. The largest absolute Gasteiger partial charge is 0.481 e. The molecule has 0 saturated carbocycles. The van der Waals surface area contributed by atoms with Crippen molar-refractivity contribution in [3.05, 3.63) is 59.1 Å². The lowest BCUT2D eigenvalue weighted by Crippen LogP contribution is -2.30. The van der Waals surface area contributed by atoms with Crippen LogP contribution in [-0.4, -0.2) is 25.1 Å². The molecule has 23 heavy (non-hydrogen) atoms. The first-order valence-electron chi connectivity index (χ1n) is 6.91. The van der Waals surface area contributed by atoms with E-state index in [0.717, 1.165) is 0 Å². The van der Waals surface area contributed by atoms with Gasteiger partial charge < -0.3 is 14.8 Å². The van der Waals surface area contributed by atoms with Crippen LogP contribution in [0.2, 0.25) is 5.02 Å². The van der Waals surface area contributed by atoms with Gasteiger partial charge in [-0.05, 0) is 49.4 Å². The zero-order chi connectivity index (χ0) is 16.8. The van der Waals surface area contributed by atoms with E-state index < -0.39 is 12.1 Å². The van der Waals surface area contributed by atoms with Crippen LogP contribution in [-0.2, 0) is 9.53 Å². The van der Waals surface area contributed by atoms with Crippen LogP contribution in [0.5, 0.6) is 5.75 Å². The molecular weight excluding hydrogens is 318 g/mol. The second-order valence-corrected chi connectivity index (χ2v) is 5.21. The van der Waals surface area contributed by atoms with Gasteiger partial charge in [-0.2, -0.15) is 0 Å². The monoisotopic (exact) mass is 333 g/mol. The Morgan fingerprint density at radius 3 is 2.43 bits per heavy atom. The normalized spacial score (nSPS) is 11.4. The molecule has 0 spiro atoms. The van der Waals surface area contributed by atoms with Gasteiger partial charge in [-0.15, -0.1) is 0 Å². The maximum absolute atomic E-state index is 12.1. The molecule has 0 aliphatic heterocycles. The molecule has 6 heteroatoms. The number of carbonyl (C=O) groups excluding carboxylic acids is 2. The topological polar surface area (TPSA) is 64.6 Å². The lowest BCUT2D eigenvalue weighted by molar-refractivity contribution is -0.122. The van der Waals surface area contributed by atoms with Crippen molar-refractivity contribution in [3.63, 3.8) is 0 Å². The van der Waals surface area contributed by atoms with E-state index in [9.17, 15) is 9.59 Å². The molecule has 1 atom stereocenters. The average Bonchev–Trinajstić information content (AvgIpc) is 2.54. The lowest BCUT2D eigenvalue weighted by Gasteiger charge is -2.15. The average molecular weight is 334 g/mol. The first-order valence-corrected chi connectivity index (χ1v) is 7.29. The van der Waals surface area contributed by atoms with Crippen LogP contribution in [0.15, 0.2) is 48.5 Å². The van der Waals surface area contributed by atoms with Crippen molar-refractivity contribution in [1.82, 2.24) is 0 Å². The fourth-order valence-corrected chi connectivity index (χ4v) is 2.05. The van der Waals surface area contributed by atoms with E-state index in [2.05, 4.69) is 10.1 Å². The van der Waals surface area contributed by atoms with Crippen LogP contribution in [0.25, 0.3) is 0 Å². The van der Waals surface area contributed by atoms with E-state index in [-0.39, 0.29) is 5.91 Å². The Morgan fingerprint density at radius 2 is 1.83 bits per heavy atom. The minimum atomic E-state index is -0.710. The number of amides is 1. The summed E-state index contributed by atoms with van der Waals surface area (Å²) >= 11 is 5.87. The third-order valence-corrected chi connectivity index (χ3v) is 3.28. The highest BCUT2D eigenvalue weighted by Crippen LogP contribution is 2.17. The molecule has 120 valence electrons. The van der Waals surface area contributed by atoms with Crippen molar-refractivity contribution >= 4 is 29.2 Å². The minimum absolute atomic E-state index is 0.302. The molecule has 0 bridgehead atoms. The molecule has 1 N–H and O–H groups in total. The minimum Gasteiger partial charge on any atom is -0.481 e. The molecule has 1 unspecified atom stereocenters. The van der Waals surface area contributed by atoms with Gasteiger partial charge in [0, 0.05) is 10.7 Å². The predicted molar refractivity (Wildman–Crippen MR) is 88.0 cm³/mol. The van der Waals surface area contributed by atoms with Gasteiger partial charge in [0.15, 0.2) is 6.10 Å². The van der Waals surface area contributed by atoms with Gasteiger partial charge in [-0.1, -0.05) is 17.7 Å². The Kier molecular flexibility index (Phi) is 5.60. The SMILES string of the molecule is COC(=O)c1ccc(OC(C)C(=O)Nc2cccc(Cl)c2)cc1. The maximum atomic E-state index is 12.1. The number of methoxy groups -OCH3 is 1. The Labute approximate surface area is 139 Å². The summed E-state index contributed by atoms with van der Waals surface area (Å²) in [6.07, 6.45) is -0.710. The molecule has 2 rings (SSSR count). The molecule has 2 aromatic carbocycles. The molecule has 0 aliphatic carbocycles. The summed E-state index contributed by atoms with van der Waals surface area (Å²) in [5, 5.41) is 3.26. The van der Waals surface area contributed by atoms with E-state index in [1.54, 1.807) is 55.5 Å². The maximum Gasteiger partial charge on any atom is 0.337 e.